The van der Waals surface area contributed by atoms with E-state index in [1.807, 2.05) is 37.3 Å². The number of carbonyl (C=O) groups is 1. The molecule has 1 aliphatic rings. The first-order valence-corrected chi connectivity index (χ1v) is 5.95. The second-order valence-corrected chi connectivity index (χ2v) is 4.64. The molecular formula is C14H18N2O. The Balaban J connectivity index is 1.94. The summed E-state index contributed by atoms with van der Waals surface area (Å²) in [6.45, 7) is 2.50. The lowest BCUT2D eigenvalue weighted by atomic mass is 10.1. The molecule has 90 valence electrons. The van der Waals surface area contributed by atoms with Crippen LogP contribution in [0.1, 0.15) is 25.3 Å². The summed E-state index contributed by atoms with van der Waals surface area (Å²) in [6, 6.07) is 10.0. The molecule has 0 spiro atoms. The highest BCUT2D eigenvalue weighted by Crippen LogP contribution is 2.30. The number of hydrogen-bond donors (Lipinski definition) is 1. The summed E-state index contributed by atoms with van der Waals surface area (Å²) in [7, 11) is 0. The number of carbonyl (C=O) groups excluding carboxylic acids is 1. The Morgan fingerprint density at radius 1 is 1.41 bits per heavy atom. The van der Waals surface area contributed by atoms with Crippen molar-refractivity contribution in [3.63, 3.8) is 0 Å². The molecule has 0 heterocycles. The maximum Gasteiger partial charge on any atom is 0.239 e. The molecule has 0 atom stereocenters. The molecule has 0 aliphatic heterocycles. The predicted molar refractivity (Wildman–Crippen MR) is 68.7 cm³/mol. The smallest absolute Gasteiger partial charge is 0.239 e. The topological polar surface area (TPSA) is 46.3 Å². The molecule has 0 bridgehead atoms. The zero-order valence-corrected chi connectivity index (χ0v) is 10.1. The molecule has 0 unspecified atom stereocenters. The SMILES string of the molecule is C/C(=C\c1ccccc1)CN(N)C(=O)C1CC1. The number of benzene rings is 1. The van der Waals surface area contributed by atoms with E-state index in [0.717, 1.165) is 24.0 Å². The predicted octanol–water partition coefficient (Wildman–Crippen LogP) is 2.20. The zero-order valence-electron chi connectivity index (χ0n) is 10.1. The Kier molecular flexibility index (Phi) is 3.59. The third-order valence-corrected chi connectivity index (χ3v) is 2.84. The van der Waals surface area contributed by atoms with Crippen molar-refractivity contribution in [1.29, 1.82) is 0 Å². The van der Waals surface area contributed by atoms with Gasteiger partial charge in [0, 0.05) is 5.92 Å². The third-order valence-electron chi connectivity index (χ3n) is 2.84. The molecule has 0 aromatic heterocycles. The molecule has 3 heteroatoms. The molecule has 3 nitrogen and oxygen atoms in total. The van der Waals surface area contributed by atoms with Crippen LogP contribution in [0.15, 0.2) is 35.9 Å². The van der Waals surface area contributed by atoms with Gasteiger partial charge in [-0.2, -0.15) is 0 Å². The van der Waals surface area contributed by atoms with Crippen molar-refractivity contribution in [1.82, 2.24) is 5.01 Å². The maximum atomic E-state index is 11.7. The number of nitrogens with two attached hydrogens (primary N) is 1. The lowest BCUT2D eigenvalue weighted by Crippen LogP contribution is -2.39. The number of hydrazine groups is 1. The second-order valence-electron chi connectivity index (χ2n) is 4.64. The normalized spacial score (nSPS) is 15.8. The summed E-state index contributed by atoms with van der Waals surface area (Å²) in [6.07, 6.45) is 4.04. The Morgan fingerprint density at radius 3 is 2.65 bits per heavy atom. The molecular weight excluding hydrogens is 212 g/mol. The van der Waals surface area contributed by atoms with E-state index < -0.39 is 0 Å². The molecule has 2 N–H and O–H groups in total. The van der Waals surface area contributed by atoms with Gasteiger partial charge in [0.2, 0.25) is 5.91 Å². The van der Waals surface area contributed by atoms with Crippen LogP contribution < -0.4 is 5.84 Å². The monoisotopic (exact) mass is 230 g/mol. The highest BCUT2D eigenvalue weighted by atomic mass is 16.2. The van der Waals surface area contributed by atoms with Crippen LogP contribution in [0.25, 0.3) is 6.08 Å². The van der Waals surface area contributed by atoms with E-state index in [9.17, 15) is 4.79 Å². The molecule has 1 fully saturated rings. The number of nitrogens with zero attached hydrogens (tertiary/aromatic N) is 1. The van der Waals surface area contributed by atoms with Crippen LogP contribution in [0.5, 0.6) is 0 Å². The summed E-state index contributed by atoms with van der Waals surface area (Å²) in [4.78, 5) is 11.7. The summed E-state index contributed by atoms with van der Waals surface area (Å²) in [5.41, 5.74) is 2.23. The van der Waals surface area contributed by atoms with Gasteiger partial charge in [-0.3, -0.25) is 9.80 Å². The highest BCUT2D eigenvalue weighted by molar-refractivity contribution is 5.80. The molecule has 2 rings (SSSR count). The van der Waals surface area contributed by atoms with Gasteiger partial charge in [0.25, 0.3) is 0 Å². The van der Waals surface area contributed by atoms with Crippen molar-refractivity contribution in [2.75, 3.05) is 6.54 Å². The molecule has 17 heavy (non-hydrogen) atoms. The van der Waals surface area contributed by atoms with E-state index in [4.69, 9.17) is 5.84 Å². The fraction of sp³-hybridized carbons (Fsp3) is 0.357. The van der Waals surface area contributed by atoms with Crippen LogP contribution in [0.4, 0.5) is 0 Å². The van der Waals surface area contributed by atoms with Gasteiger partial charge in [-0.1, -0.05) is 42.0 Å². The first-order valence-electron chi connectivity index (χ1n) is 5.95. The largest absolute Gasteiger partial charge is 0.276 e. The lowest BCUT2D eigenvalue weighted by molar-refractivity contribution is -0.132. The summed E-state index contributed by atoms with van der Waals surface area (Å²) in [5, 5.41) is 1.34. The summed E-state index contributed by atoms with van der Waals surface area (Å²) >= 11 is 0. The fourth-order valence-corrected chi connectivity index (χ4v) is 1.79. The van der Waals surface area contributed by atoms with E-state index in [2.05, 4.69) is 6.08 Å². The number of hydrogen-bond acceptors (Lipinski definition) is 2. The Hall–Kier alpha value is -1.61. The Labute approximate surface area is 102 Å². The van der Waals surface area contributed by atoms with Gasteiger partial charge in [0.1, 0.15) is 0 Å². The zero-order chi connectivity index (χ0) is 12.3. The van der Waals surface area contributed by atoms with E-state index in [1.54, 1.807) is 0 Å². The average Bonchev–Trinajstić information content (AvgIpc) is 3.13. The van der Waals surface area contributed by atoms with E-state index >= 15 is 0 Å². The van der Waals surface area contributed by atoms with Gasteiger partial charge in [0.15, 0.2) is 0 Å². The minimum Gasteiger partial charge on any atom is -0.276 e. The van der Waals surface area contributed by atoms with Gasteiger partial charge >= 0.3 is 0 Å². The standard InChI is InChI=1S/C14H18N2O/c1-11(9-12-5-3-2-4-6-12)10-16(15)14(17)13-7-8-13/h2-6,9,13H,7-8,10,15H2,1H3/b11-9+. The van der Waals surface area contributed by atoms with Crippen molar-refractivity contribution in [3.05, 3.63) is 41.5 Å². The molecule has 0 radical (unpaired) electrons. The van der Waals surface area contributed by atoms with Crippen molar-refractivity contribution >= 4 is 12.0 Å². The number of rotatable bonds is 4. The minimum atomic E-state index is 0.0748. The second kappa shape index (κ2) is 5.15. The van der Waals surface area contributed by atoms with E-state index in [0.29, 0.717) is 6.54 Å². The van der Waals surface area contributed by atoms with Gasteiger partial charge in [-0.15, -0.1) is 0 Å². The van der Waals surface area contributed by atoms with E-state index in [-0.39, 0.29) is 11.8 Å². The van der Waals surface area contributed by atoms with Gasteiger partial charge in [-0.05, 0) is 25.3 Å². The van der Waals surface area contributed by atoms with Crippen LogP contribution in [0.3, 0.4) is 0 Å². The lowest BCUT2D eigenvalue weighted by Gasteiger charge is -2.16. The van der Waals surface area contributed by atoms with Crippen LogP contribution >= 0.6 is 0 Å². The van der Waals surface area contributed by atoms with Crippen molar-refractivity contribution in [3.8, 4) is 0 Å². The molecule has 1 amide bonds. The Bertz CT molecular complexity index is 421. The van der Waals surface area contributed by atoms with Gasteiger partial charge < -0.3 is 0 Å². The first kappa shape index (κ1) is 11.9. The van der Waals surface area contributed by atoms with Gasteiger partial charge in [-0.25, -0.2) is 5.84 Å². The minimum absolute atomic E-state index is 0.0748. The Morgan fingerprint density at radius 2 is 2.06 bits per heavy atom. The molecule has 1 saturated carbocycles. The van der Waals surface area contributed by atoms with Crippen molar-refractivity contribution in [2.24, 2.45) is 11.8 Å². The number of amides is 1. The van der Waals surface area contributed by atoms with Crippen molar-refractivity contribution < 1.29 is 4.79 Å². The summed E-state index contributed by atoms with van der Waals surface area (Å²) < 4.78 is 0. The van der Waals surface area contributed by atoms with Crippen LogP contribution in [0.2, 0.25) is 0 Å². The molecule has 0 saturated heterocycles. The maximum absolute atomic E-state index is 11.7. The third kappa shape index (κ3) is 3.43. The van der Waals surface area contributed by atoms with Crippen LogP contribution in [0, 0.1) is 5.92 Å². The average molecular weight is 230 g/mol. The molecule has 1 aromatic rings. The molecule has 1 aliphatic carbocycles. The fourth-order valence-electron chi connectivity index (χ4n) is 1.79. The first-order chi connectivity index (χ1) is 8.16. The van der Waals surface area contributed by atoms with Crippen molar-refractivity contribution in [2.45, 2.75) is 19.8 Å². The van der Waals surface area contributed by atoms with Gasteiger partial charge in [0.05, 0.1) is 6.54 Å². The van der Waals surface area contributed by atoms with Crippen LogP contribution in [-0.4, -0.2) is 17.5 Å². The summed E-state index contributed by atoms with van der Waals surface area (Å²) in [5.74, 6) is 6.02. The van der Waals surface area contributed by atoms with E-state index in [1.165, 1.54) is 5.01 Å². The quantitative estimate of drug-likeness (QED) is 0.489. The molecule has 1 aromatic carbocycles. The highest BCUT2D eigenvalue weighted by Gasteiger charge is 2.32. The van der Waals surface area contributed by atoms with Crippen LogP contribution in [-0.2, 0) is 4.79 Å².